The van der Waals surface area contributed by atoms with E-state index in [0.29, 0.717) is 11.4 Å². The second kappa shape index (κ2) is 5.48. The highest BCUT2D eigenvalue weighted by Gasteiger charge is 2.18. The Kier molecular flexibility index (Phi) is 3.51. The Morgan fingerprint density at radius 3 is 2.45 bits per heavy atom. The van der Waals surface area contributed by atoms with E-state index in [1.165, 1.54) is 0 Å². The molecule has 4 nitrogen and oxygen atoms in total. The Morgan fingerprint density at radius 1 is 1.14 bits per heavy atom. The summed E-state index contributed by atoms with van der Waals surface area (Å²) in [6.45, 7) is 5.47. The first-order valence-corrected chi connectivity index (χ1v) is 6.94. The highest BCUT2D eigenvalue weighted by Crippen LogP contribution is 2.27. The number of aromatic nitrogens is 2. The van der Waals surface area contributed by atoms with Gasteiger partial charge in [-0.05, 0) is 43.3 Å². The number of fused-ring (bicyclic) bond motifs is 1. The van der Waals surface area contributed by atoms with Crippen molar-refractivity contribution in [3.8, 4) is 17.1 Å². The Hall–Kier alpha value is -2.88. The zero-order chi connectivity index (χ0) is 15.7. The summed E-state index contributed by atoms with van der Waals surface area (Å²) in [7, 11) is 1.62. The van der Waals surface area contributed by atoms with E-state index in [4.69, 9.17) is 4.74 Å². The Bertz CT molecular complexity index is 860. The van der Waals surface area contributed by atoms with Gasteiger partial charge in [0.1, 0.15) is 11.6 Å². The molecule has 2 aromatic carbocycles. The lowest BCUT2D eigenvalue weighted by molar-refractivity contribution is 0.0962. The molecule has 0 bridgehead atoms. The van der Waals surface area contributed by atoms with E-state index >= 15 is 0 Å². The molecule has 4 heteroatoms. The van der Waals surface area contributed by atoms with Gasteiger partial charge in [-0.2, -0.15) is 0 Å². The molecule has 0 fully saturated rings. The summed E-state index contributed by atoms with van der Waals surface area (Å²) >= 11 is 0. The summed E-state index contributed by atoms with van der Waals surface area (Å²) in [6.07, 6.45) is 0. The van der Waals surface area contributed by atoms with Crippen molar-refractivity contribution in [3.63, 3.8) is 0 Å². The number of carbonyl (C=O) groups is 1. The summed E-state index contributed by atoms with van der Waals surface area (Å²) in [6, 6.07) is 15.1. The highest BCUT2D eigenvalue weighted by molar-refractivity contribution is 6.03. The third-order valence-corrected chi connectivity index (χ3v) is 3.48. The molecule has 22 heavy (non-hydrogen) atoms. The third-order valence-electron chi connectivity index (χ3n) is 3.48. The van der Waals surface area contributed by atoms with E-state index in [1.807, 2.05) is 48.5 Å². The number of nitrogens with zero attached hydrogens (tertiary/aromatic N) is 2. The molecule has 0 spiro atoms. The minimum atomic E-state index is -0.153. The second-order valence-corrected chi connectivity index (χ2v) is 5.07. The Balaban J connectivity index is 2.25. The normalized spacial score (nSPS) is 10.6. The summed E-state index contributed by atoms with van der Waals surface area (Å²) in [4.78, 5) is 17.1. The van der Waals surface area contributed by atoms with E-state index in [0.717, 1.165) is 22.3 Å². The van der Waals surface area contributed by atoms with Crippen LogP contribution in [0.15, 0.2) is 60.7 Å². The molecule has 0 saturated heterocycles. The topological polar surface area (TPSA) is 44.1 Å². The van der Waals surface area contributed by atoms with Gasteiger partial charge in [-0.25, -0.2) is 4.98 Å². The van der Waals surface area contributed by atoms with Crippen LogP contribution in [0.2, 0.25) is 0 Å². The van der Waals surface area contributed by atoms with Crippen LogP contribution in [-0.2, 0) is 0 Å². The van der Waals surface area contributed by atoms with E-state index in [1.54, 1.807) is 18.6 Å². The molecular formula is C18H16N2O2. The van der Waals surface area contributed by atoms with Crippen molar-refractivity contribution >= 4 is 16.9 Å². The molecule has 0 amide bonds. The molecule has 110 valence electrons. The van der Waals surface area contributed by atoms with E-state index in [9.17, 15) is 4.79 Å². The number of ether oxygens (including phenoxy) is 1. The molecule has 0 aliphatic heterocycles. The number of para-hydroxylation sites is 2. The predicted molar refractivity (Wildman–Crippen MR) is 87.2 cm³/mol. The molecule has 1 aromatic heterocycles. The zero-order valence-corrected chi connectivity index (χ0v) is 12.5. The summed E-state index contributed by atoms with van der Waals surface area (Å²) < 4.78 is 6.78. The van der Waals surface area contributed by atoms with Gasteiger partial charge in [0.2, 0.25) is 0 Å². The number of hydrogen-bond acceptors (Lipinski definition) is 3. The van der Waals surface area contributed by atoms with Crippen LogP contribution < -0.4 is 4.74 Å². The molecule has 1 heterocycles. The van der Waals surface area contributed by atoms with Crippen molar-refractivity contribution < 1.29 is 9.53 Å². The van der Waals surface area contributed by atoms with Gasteiger partial charge in [-0.3, -0.25) is 9.36 Å². The van der Waals surface area contributed by atoms with Gasteiger partial charge in [0.15, 0.2) is 0 Å². The number of benzene rings is 2. The molecule has 3 rings (SSSR count). The van der Waals surface area contributed by atoms with Crippen molar-refractivity contribution in [1.29, 1.82) is 0 Å². The van der Waals surface area contributed by atoms with Crippen LogP contribution >= 0.6 is 0 Å². The van der Waals surface area contributed by atoms with Gasteiger partial charge in [-0.15, -0.1) is 0 Å². The van der Waals surface area contributed by atoms with Crippen molar-refractivity contribution in [3.05, 3.63) is 60.7 Å². The predicted octanol–water partition coefficient (Wildman–Crippen LogP) is 3.93. The monoisotopic (exact) mass is 292 g/mol. The van der Waals surface area contributed by atoms with Crippen LogP contribution in [0.5, 0.6) is 5.75 Å². The van der Waals surface area contributed by atoms with Crippen LogP contribution in [-0.4, -0.2) is 22.6 Å². The van der Waals surface area contributed by atoms with Gasteiger partial charge in [0.25, 0.3) is 5.91 Å². The van der Waals surface area contributed by atoms with Crippen LogP contribution in [0.4, 0.5) is 0 Å². The lowest BCUT2D eigenvalue weighted by atomic mass is 10.2. The fourth-order valence-corrected chi connectivity index (χ4v) is 2.36. The largest absolute Gasteiger partial charge is 0.497 e. The molecule has 0 saturated carbocycles. The summed E-state index contributed by atoms with van der Waals surface area (Å²) in [5.74, 6) is 1.22. The lowest BCUT2D eigenvalue weighted by Crippen LogP contribution is -2.12. The van der Waals surface area contributed by atoms with Crippen molar-refractivity contribution in [1.82, 2.24) is 9.55 Å². The fraction of sp³-hybridized carbons (Fsp3) is 0.111. The number of imidazole rings is 1. The average Bonchev–Trinajstić information content (AvgIpc) is 2.93. The standard InChI is InChI=1S/C18H16N2O2/c1-12(2)18(21)20-16-7-5-4-6-15(16)19-17(20)13-8-10-14(22-3)11-9-13/h4-11H,1H2,2-3H3. The first-order valence-electron chi connectivity index (χ1n) is 6.94. The number of methoxy groups -OCH3 is 1. The van der Waals surface area contributed by atoms with Crippen molar-refractivity contribution in [2.75, 3.05) is 7.11 Å². The van der Waals surface area contributed by atoms with E-state index < -0.39 is 0 Å². The maximum atomic E-state index is 12.5. The SMILES string of the molecule is C=C(C)C(=O)n1c(-c2ccc(OC)cc2)nc2ccccc21. The second-order valence-electron chi connectivity index (χ2n) is 5.07. The highest BCUT2D eigenvalue weighted by atomic mass is 16.5. The van der Waals surface area contributed by atoms with Crippen LogP contribution in [0.3, 0.4) is 0 Å². The molecular weight excluding hydrogens is 276 g/mol. The van der Waals surface area contributed by atoms with Crippen molar-refractivity contribution in [2.45, 2.75) is 6.92 Å². The van der Waals surface area contributed by atoms with Crippen LogP contribution in [0.1, 0.15) is 11.7 Å². The molecule has 0 unspecified atom stereocenters. The van der Waals surface area contributed by atoms with Gasteiger partial charge in [0.05, 0.1) is 18.1 Å². The average molecular weight is 292 g/mol. The minimum Gasteiger partial charge on any atom is -0.497 e. The number of carbonyl (C=O) groups excluding carboxylic acids is 1. The molecule has 0 aliphatic carbocycles. The number of rotatable bonds is 3. The van der Waals surface area contributed by atoms with Crippen LogP contribution in [0.25, 0.3) is 22.4 Å². The maximum Gasteiger partial charge on any atom is 0.259 e. The molecule has 0 aliphatic rings. The summed E-state index contributed by atoms with van der Waals surface area (Å²) in [5, 5.41) is 0. The minimum absolute atomic E-state index is 0.153. The molecule has 3 aromatic rings. The fourth-order valence-electron chi connectivity index (χ4n) is 2.36. The quantitative estimate of drug-likeness (QED) is 0.687. The first-order chi connectivity index (χ1) is 10.6. The molecule has 0 radical (unpaired) electrons. The molecule has 0 atom stereocenters. The van der Waals surface area contributed by atoms with Gasteiger partial charge < -0.3 is 4.74 Å². The Morgan fingerprint density at radius 2 is 1.82 bits per heavy atom. The van der Waals surface area contributed by atoms with Crippen LogP contribution in [0, 0.1) is 0 Å². The third kappa shape index (κ3) is 2.29. The van der Waals surface area contributed by atoms with E-state index in [2.05, 4.69) is 11.6 Å². The smallest absolute Gasteiger partial charge is 0.259 e. The maximum absolute atomic E-state index is 12.5. The van der Waals surface area contributed by atoms with Gasteiger partial charge in [-0.1, -0.05) is 18.7 Å². The van der Waals surface area contributed by atoms with Gasteiger partial charge in [0, 0.05) is 11.1 Å². The molecule has 0 N–H and O–H groups in total. The lowest BCUT2D eigenvalue weighted by Gasteiger charge is -2.08. The number of allylic oxidation sites excluding steroid dienone is 1. The van der Waals surface area contributed by atoms with E-state index in [-0.39, 0.29) is 5.91 Å². The summed E-state index contributed by atoms with van der Waals surface area (Å²) in [5.41, 5.74) is 2.88. The number of hydrogen-bond donors (Lipinski definition) is 0. The first kappa shape index (κ1) is 14.1. The Labute approximate surface area is 128 Å². The zero-order valence-electron chi connectivity index (χ0n) is 12.5. The van der Waals surface area contributed by atoms with Crippen molar-refractivity contribution in [2.24, 2.45) is 0 Å². The van der Waals surface area contributed by atoms with Gasteiger partial charge >= 0.3 is 0 Å².